The van der Waals surface area contributed by atoms with Crippen molar-refractivity contribution >= 4 is 11.3 Å². The summed E-state index contributed by atoms with van der Waals surface area (Å²) in [6.07, 6.45) is 5.35. The maximum atomic E-state index is 5.64. The van der Waals surface area contributed by atoms with E-state index < -0.39 is 0 Å². The van der Waals surface area contributed by atoms with Crippen LogP contribution in [0.25, 0.3) is 0 Å². The minimum atomic E-state index is 0.300. The van der Waals surface area contributed by atoms with Crippen molar-refractivity contribution in [3.8, 4) is 0 Å². The quantitative estimate of drug-likeness (QED) is 0.902. The number of thiazole rings is 1. The van der Waals surface area contributed by atoms with Gasteiger partial charge in [0, 0.05) is 39.1 Å². The zero-order chi connectivity index (χ0) is 16.4. The monoisotopic (exact) mass is 344 g/mol. The van der Waals surface area contributed by atoms with E-state index >= 15 is 0 Å². The number of aromatic nitrogens is 1. The summed E-state index contributed by atoms with van der Waals surface area (Å²) in [6, 6.07) is 9.29. The summed E-state index contributed by atoms with van der Waals surface area (Å²) in [7, 11) is 1.72. The van der Waals surface area contributed by atoms with Crippen molar-refractivity contribution < 1.29 is 9.47 Å². The predicted octanol–water partition coefficient (Wildman–Crippen LogP) is 3.47. The van der Waals surface area contributed by atoms with Crippen LogP contribution in [0.15, 0.2) is 30.5 Å². The summed E-state index contributed by atoms with van der Waals surface area (Å²) in [5.41, 5.74) is 3.26. The lowest BCUT2D eigenvalue weighted by molar-refractivity contribution is -0.000227. The van der Waals surface area contributed by atoms with E-state index in [4.69, 9.17) is 9.47 Å². The van der Waals surface area contributed by atoms with Gasteiger partial charge in [-0.15, -0.1) is 11.3 Å². The fourth-order valence-electron chi connectivity index (χ4n) is 4.19. The SMILES string of the molecule is COCc1cnc(CNC2c3ccccc3CC23CCOCC3)s1. The predicted molar refractivity (Wildman–Crippen MR) is 95.0 cm³/mol. The zero-order valence-corrected chi connectivity index (χ0v) is 14.9. The number of methoxy groups -OCH3 is 1. The van der Waals surface area contributed by atoms with Crippen LogP contribution in [0.2, 0.25) is 0 Å². The number of rotatable bonds is 5. The molecule has 24 heavy (non-hydrogen) atoms. The minimum absolute atomic E-state index is 0.300. The lowest BCUT2D eigenvalue weighted by Crippen LogP contribution is -2.39. The Hall–Kier alpha value is -1.27. The molecule has 1 N–H and O–H groups in total. The summed E-state index contributed by atoms with van der Waals surface area (Å²) in [5.74, 6) is 0. The highest BCUT2D eigenvalue weighted by Gasteiger charge is 2.46. The number of fused-ring (bicyclic) bond motifs is 1. The molecule has 1 aromatic carbocycles. The van der Waals surface area contributed by atoms with Crippen LogP contribution in [0.1, 0.15) is 39.9 Å². The molecule has 4 rings (SSSR count). The fraction of sp³-hybridized carbons (Fsp3) is 0.526. The van der Waals surface area contributed by atoms with Gasteiger partial charge in [0.05, 0.1) is 11.5 Å². The molecule has 1 spiro atoms. The highest BCUT2D eigenvalue weighted by atomic mass is 32.1. The van der Waals surface area contributed by atoms with Crippen LogP contribution in [-0.2, 0) is 29.0 Å². The van der Waals surface area contributed by atoms with Crippen molar-refractivity contribution in [2.75, 3.05) is 20.3 Å². The number of nitrogens with zero attached hydrogens (tertiary/aromatic N) is 1. The van der Waals surface area contributed by atoms with Gasteiger partial charge in [-0.05, 0) is 35.8 Å². The Morgan fingerprint density at radius 2 is 2.17 bits per heavy atom. The van der Waals surface area contributed by atoms with Gasteiger partial charge >= 0.3 is 0 Å². The molecule has 128 valence electrons. The number of benzene rings is 1. The molecule has 2 aromatic rings. The van der Waals surface area contributed by atoms with Gasteiger partial charge in [0.1, 0.15) is 5.01 Å². The lowest BCUT2D eigenvalue weighted by atomic mass is 9.74. The molecule has 0 saturated carbocycles. The van der Waals surface area contributed by atoms with Crippen molar-refractivity contribution in [1.29, 1.82) is 0 Å². The van der Waals surface area contributed by atoms with E-state index in [1.165, 1.54) is 16.0 Å². The van der Waals surface area contributed by atoms with E-state index in [0.29, 0.717) is 18.1 Å². The van der Waals surface area contributed by atoms with Gasteiger partial charge < -0.3 is 14.8 Å². The van der Waals surface area contributed by atoms with Crippen molar-refractivity contribution in [2.24, 2.45) is 5.41 Å². The van der Waals surface area contributed by atoms with Crippen LogP contribution in [0.3, 0.4) is 0 Å². The summed E-state index contributed by atoms with van der Waals surface area (Å²) in [4.78, 5) is 5.72. The second-order valence-electron chi connectivity index (χ2n) is 6.82. The molecule has 1 fully saturated rings. The molecule has 1 aromatic heterocycles. The fourth-order valence-corrected chi connectivity index (χ4v) is 5.03. The third-order valence-electron chi connectivity index (χ3n) is 5.36. The molecular formula is C19H24N2O2S. The van der Waals surface area contributed by atoms with Gasteiger partial charge in [-0.1, -0.05) is 24.3 Å². The Labute approximate surface area is 147 Å². The third-order valence-corrected chi connectivity index (χ3v) is 6.33. The topological polar surface area (TPSA) is 43.4 Å². The molecule has 4 nitrogen and oxygen atoms in total. The Balaban J connectivity index is 1.53. The molecule has 0 bridgehead atoms. The van der Waals surface area contributed by atoms with Gasteiger partial charge in [0.2, 0.25) is 0 Å². The molecule has 2 heterocycles. The summed E-state index contributed by atoms with van der Waals surface area (Å²) < 4.78 is 10.8. The first kappa shape index (κ1) is 16.2. The first-order valence-corrected chi connectivity index (χ1v) is 9.44. The molecular weight excluding hydrogens is 320 g/mol. The first-order chi connectivity index (χ1) is 11.8. The van der Waals surface area contributed by atoms with Crippen LogP contribution >= 0.6 is 11.3 Å². The van der Waals surface area contributed by atoms with E-state index in [-0.39, 0.29) is 0 Å². The average Bonchev–Trinajstić information content (AvgIpc) is 3.16. The van der Waals surface area contributed by atoms with E-state index in [0.717, 1.165) is 44.0 Å². The van der Waals surface area contributed by atoms with Gasteiger partial charge in [0.25, 0.3) is 0 Å². The Bertz CT molecular complexity index is 694. The maximum absolute atomic E-state index is 5.64. The molecule has 1 aliphatic carbocycles. The second-order valence-corrected chi connectivity index (χ2v) is 8.02. The number of hydrogen-bond acceptors (Lipinski definition) is 5. The largest absolute Gasteiger partial charge is 0.381 e. The van der Waals surface area contributed by atoms with Crippen LogP contribution in [-0.4, -0.2) is 25.3 Å². The summed E-state index contributed by atoms with van der Waals surface area (Å²) in [5, 5.41) is 4.95. The highest BCUT2D eigenvalue weighted by molar-refractivity contribution is 7.11. The highest BCUT2D eigenvalue weighted by Crippen LogP contribution is 2.51. The van der Waals surface area contributed by atoms with Crippen LogP contribution in [0, 0.1) is 5.41 Å². The Kier molecular flexibility index (Phi) is 4.68. The van der Waals surface area contributed by atoms with Crippen molar-refractivity contribution in [2.45, 2.75) is 38.5 Å². The smallest absolute Gasteiger partial charge is 0.107 e. The van der Waals surface area contributed by atoms with Gasteiger partial charge in [0.15, 0.2) is 0 Å². The van der Waals surface area contributed by atoms with E-state index in [9.17, 15) is 0 Å². The molecule has 1 aliphatic heterocycles. The number of nitrogens with one attached hydrogen (secondary N) is 1. The van der Waals surface area contributed by atoms with Gasteiger partial charge in [-0.3, -0.25) is 0 Å². The Morgan fingerprint density at radius 3 is 3.00 bits per heavy atom. The molecule has 1 saturated heterocycles. The summed E-state index contributed by atoms with van der Waals surface area (Å²) in [6.45, 7) is 3.21. The van der Waals surface area contributed by atoms with Crippen LogP contribution in [0.5, 0.6) is 0 Å². The van der Waals surface area contributed by atoms with E-state index in [1.54, 1.807) is 18.4 Å². The van der Waals surface area contributed by atoms with E-state index in [1.807, 2.05) is 6.20 Å². The molecule has 1 unspecified atom stereocenters. The maximum Gasteiger partial charge on any atom is 0.107 e. The molecule has 5 heteroatoms. The number of hydrogen-bond donors (Lipinski definition) is 1. The minimum Gasteiger partial charge on any atom is -0.381 e. The standard InChI is InChI=1S/C19H24N2O2S/c1-22-13-15-11-20-17(24-15)12-21-18-16-5-3-2-4-14(16)10-19(18)6-8-23-9-7-19/h2-5,11,18,21H,6-10,12-13H2,1H3. The van der Waals surface area contributed by atoms with Gasteiger partial charge in [-0.25, -0.2) is 4.98 Å². The number of ether oxygens (including phenoxy) is 2. The van der Waals surface area contributed by atoms with Crippen molar-refractivity contribution in [1.82, 2.24) is 10.3 Å². The third kappa shape index (κ3) is 3.02. The zero-order valence-electron chi connectivity index (χ0n) is 14.1. The average molecular weight is 344 g/mol. The van der Waals surface area contributed by atoms with Crippen molar-refractivity contribution in [3.63, 3.8) is 0 Å². The Morgan fingerprint density at radius 1 is 1.33 bits per heavy atom. The van der Waals surface area contributed by atoms with Gasteiger partial charge in [-0.2, -0.15) is 0 Å². The normalized spacial score (nSPS) is 22.0. The van der Waals surface area contributed by atoms with Crippen molar-refractivity contribution in [3.05, 3.63) is 51.5 Å². The molecule has 0 radical (unpaired) electrons. The van der Waals surface area contributed by atoms with Crippen LogP contribution in [0.4, 0.5) is 0 Å². The summed E-state index contributed by atoms with van der Waals surface area (Å²) >= 11 is 1.73. The first-order valence-electron chi connectivity index (χ1n) is 8.62. The molecule has 1 atom stereocenters. The van der Waals surface area contributed by atoms with E-state index in [2.05, 4.69) is 34.6 Å². The molecule has 2 aliphatic rings. The second kappa shape index (κ2) is 6.92. The van der Waals surface area contributed by atoms with Crippen LogP contribution < -0.4 is 5.32 Å². The molecule has 0 amide bonds. The lowest BCUT2D eigenvalue weighted by Gasteiger charge is -2.39.